The van der Waals surface area contributed by atoms with Crippen molar-refractivity contribution < 1.29 is 19.4 Å². The lowest BCUT2D eigenvalue weighted by atomic mass is 10.0. The molecular formula is C23H34O4. The predicted molar refractivity (Wildman–Crippen MR) is 108 cm³/mol. The molecule has 0 radical (unpaired) electrons. The summed E-state index contributed by atoms with van der Waals surface area (Å²) in [7, 11) is 1.25. The number of Topliss-reactive ketones (excluding diaryl/α,β-unsaturated/α-hetero) is 1. The summed E-state index contributed by atoms with van der Waals surface area (Å²) >= 11 is 0. The number of unbranched alkanes of at least 4 members (excludes halogenated alkanes) is 4. The number of carbonyl (C=O) groups is 2. The second-order valence-corrected chi connectivity index (χ2v) is 7.28. The number of aliphatic hydroxyl groups excluding tert-OH is 1. The highest BCUT2D eigenvalue weighted by atomic mass is 16.5. The third-order valence-corrected chi connectivity index (χ3v) is 4.73. The first kappa shape index (κ1) is 23.1. The average molecular weight is 375 g/mol. The van der Waals surface area contributed by atoms with Crippen molar-refractivity contribution in [3.05, 3.63) is 40.2 Å². The van der Waals surface area contributed by atoms with E-state index in [1.807, 2.05) is 13.8 Å². The van der Waals surface area contributed by atoms with E-state index in [9.17, 15) is 14.7 Å². The molecule has 0 aliphatic heterocycles. The average Bonchev–Trinajstić information content (AvgIpc) is 2.96. The molecule has 1 aliphatic rings. The van der Waals surface area contributed by atoms with Gasteiger partial charge in [0, 0.05) is 24.8 Å². The van der Waals surface area contributed by atoms with Crippen LogP contribution in [0.4, 0.5) is 0 Å². The molecule has 0 fully saturated rings. The zero-order chi connectivity index (χ0) is 20.2. The van der Waals surface area contributed by atoms with Crippen molar-refractivity contribution in [1.29, 1.82) is 0 Å². The summed E-state index contributed by atoms with van der Waals surface area (Å²) in [6.07, 6.45) is 11.3. The van der Waals surface area contributed by atoms with Gasteiger partial charge < -0.3 is 9.84 Å². The van der Waals surface area contributed by atoms with Crippen LogP contribution in [0.15, 0.2) is 40.2 Å². The monoisotopic (exact) mass is 374 g/mol. The summed E-state index contributed by atoms with van der Waals surface area (Å²) in [4.78, 5) is 23.5. The minimum absolute atomic E-state index is 0.182. The van der Waals surface area contributed by atoms with E-state index >= 15 is 0 Å². The number of hydrogen-bond acceptors (Lipinski definition) is 4. The molecule has 4 heteroatoms. The van der Waals surface area contributed by atoms with E-state index in [-0.39, 0.29) is 12.2 Å². The third-order valence-electron chi connectivity index (χ3n) is 4.73. The summed E-state index contributed by atoms with van der Waals surface area (Å²) in [5, 5.41) is 9.73. The van der Waals surface area contributed by atoms with E-state index in [4.69, 9.17) is 0 Å². The van der Waals surface area contributed by atoms with Gasteiger partial charge in [0.25, 0.3) is 0 Å². The molecule has 150 valence electrons. The van der Waals surface area contributed by atoms with Crippen molar-refractivity contribution in [2.45, 2.75) is 84.7 Å². The highest BCUT2D eigenvalue weighted by molar-refractivity contribution is 5.99. The van der Waals surface area contributed by atoms with Gasteiger partial charge in [-0.15, -0.1) is 5.73 Å². The molecule has 0 amide bonds. The quantitative estimate of drug-likeness (QED) is 0.315. The van der Waals surface area contributed by atoms with Gasteiger partial charge in [-0.3, -0.25) is 4.79 Å². The normalized spacial score (nSPS) is 15.2. The number of aliphatic hydroxyl groups is 1. The Morgan fingerprint density at radius 1 is 1.22 bits per heavy atom. The smallest absolute Gasteiger partial charge is 0.335 e. The Balaban J connectivity index is 2.76. The Labute approximate surface area is 163 Å². The van der Waals surface area contributed by atoms with Crippen molar-refractivity contribution in [1.82, 2.24) is 0 Å². The zero-order valence-corrected chi connectivity index (χ0v) is 17.3. The molecule has 0 aromatic heterocycles. The molecule has 1 unspecified atom stereocenters. The molecular weight excluding hydrogens is 340 g/mol. The lowest BCUT2D eigenvalue weighted by Crippen LogP contribution is -2.21. The Hall–Kier alpha value is -1.90. The molecule has 0 bridgehead atoms. The van der Waals surface area contributed by atoms with E-state index in [1.165, 1.54) is 32.8 Å². The fraction of sp³-hybridized carbons (Fsp3) is 0.609. The van der Waals surface area contributed by atoms with Gasteiger partial charge in [-0.05, 0) is 49.8 Å². The van der Waals surface area contributed by atoms with Gasteiger partial charge in [0.1, 0.15) is 0 Å². The molecule has 27 heavy (non-hydrogen) atoms. The van der Waals surface area contributed by atoms with Crippen molar-refractivity contribution in [2.24, 2.45) is 0 Å². The largest absolute Gasteiger partial charge is 0.467 e. The second-order valence-electron chi connectivity index (χ2n) is 7.28. The molecule has 1 atom stereocenters. The van der Waals surface area contributed by atoms with Gasteiger partial charge in [0.15, 0.2) is 11.9 Å². The highest BCUT2D eigenvalue weighted by Gasteiger charge is 2.21. The summed E-state index contributed by atoms with van der Waals surface area (Å²) in [5.41, 5.74) is 6.93. The van der Waals surface area contributed by atoms with Crippen LogP contribution in [0.25, 0.3) is 0 Å². The maximum absolute atomic E-state index is 12.2. The number of rotatable bonds is 11. The number of esters is 1. The second kappa shape index (κ2) is 12.5. The lowest BCUT2D eigenvalue weighted by molar-refractivity contribution is -0.150. The summed E-state index contributed by atoms with van der Waals surface area (Å²) < 4.78 is 4.53. The van der Waals surface area contributed by atoms with E-state index in [0.29, 0.717) is 12.8 Å². The van der Waals surface area contributed by atoms with Crippen LogP contribution in [0, 0.1) is 0 Å². The van der Waals surface area contributed by atoms with Crippen LogP contribution in [0.2, 0.25) is 0 Å². The highest BCUT2D eigenvalue weighted by Crippen LogP contribution is 2.29. The first-order valence-corrected chi connectivity index (χ1v) is 9.98. The maximum Gasteiger partial charge on any atom is 0.335 e. The molecule has 0 aromatic rings. The third kappa shape index (κ3) is 8.55. The van der Waals surface area contributed by atoms with Crippen molar-refractivity contribution >= 4 is 11.8 Å². The Morgan fingerprint density at radius 3 is 2.63 bits per heavy atom. The van der Waals surface area contributed by atoms with Gasteiger partial charge in [-0.2, -0.15) is 0 Å². The summed E-state index contributed by atoms with van der Waals surface area (Å²) in [6, 6.07) is 0. The molecule has 4 nitrogen and oxygen atoms in total. The molecule has 0 heterocycles. The van der Waals surface area contributed by atoms with Crippen molar-refractivity contribution in [2.75, 3.05) is 7.11 Å². The molecule has 0 spiro atoms. The van der Waals surface area contributed by atoms with E-state index in [1.54, 1.807) is 0 Å². The number of methoxy groups -OCH3 is 1. The predicted octanol–water partition coefficient (Wildman–Crippen LogP) is 4.98. The topological polar surface area (TPSA) is 63.6 Å². The molecule has 0 saturated carbocycles. The fourth-order valence-corrected chi connectivity index (χ4v) is 3.27. The Kier molecular flexibility index (Phi) is 10.7. The minimum Gasteiger partial charge on any atom is -0.467 e. The van der Waals surface area contributed by atoms with Crippen LogP contribution < -0.4 is 0 Å². The number of ketones is 1. The van der Waals surface area contributed by atoms with Gasteiger partial charge in [0.2, 0.25) is 0 Å². The lowest BCUT2D eigenvalue weighted by Gasteiger charge is -2.07. The molecule has 1 rings (SSSR count). The van der Waals surface area contributed by atoms with Gasteiger partial charge in [-0.1, -0.05) is 38.3 Å². The first-order valence-electron chi connectivity index (χ1n) is 9.98. The number of allylic oxidation sites excluding steroid dienone is 4. The van der Waals surface area contributed by atoms with Gasteiger partial charge in [0.05, 0.1) is 7.11 Å². The van der Waals surface area contributed by atoms with E-state index in [2.05, 4.69) is 29.5 Å². The summed E-state index contributed by atoms with van der Waals surface area (Å²) in [5.74, 6) is -0.428. The van der Waals surface area contributed by atoms with Crippen LogP contribution in [0.3, 0.4) is 0 Å². The van der Waals surface area contributed by atoms with Gasteiger partial charge >= 0.3 is 5.97 Å². The van der Waals surface area contributed by atoms with Crippen molar-refractivity contribution in [3.63, 3.8) is 0 Å². The number of ether oxygens (including phenoxy) is 1. The Morgan fingerprint density at radius 2 is 1.96 bits per heavy atom. The molecule has 1 aliphatic carbocycles. The first-order chi connectivity index (χ1) is 12.9. The molecule has 1 N–H and O–H groups in total. The number of carbonyl (C=O) groups excluding carboxylic acids is 2. The van der Waals surface area contributed by atoms with Crippen LogP contribution >= 0.6 is 0 Å². The minimum atomic E-state index is -1.17. The van der Waals surface area contributed by atoms with Crippen LogP contribution in [-0.4, -0.2) is 30.1 Å². The SMILES string of the molecule is CCCCCC/C=C/C1=C(CC(C)=C=C(C)CC(O)C(=O)OC)C(=O)CC1. The maximum atomic E-state index is 12.2. The van der Waals surface area contributed by atoms with Crippen molar-refractivity contribution in [3.8, 4) is 0 Å². The molecule has 0 aromatic carbocycles. The Bertz CT molecular complexity index is 645. The van der Waals surface area contributed by atoms with Gasteiger partial charge in [-0.25, -0.2) is 4.79 Å². The van der Waals surface area contributed by atoms with Crippen LogP contribution in [0.1, 0.15) is 78.6 Å². The van der Waals surface area contributed by atoms with E-state index < -0.39 is 12.1 Å². The molecule has 0 saturated heterocycles. The zero-order valence-electron chi connectivity index (χ0n) is 17.3. The summed E-state index contributed by atoms with van der Waals surface area (Å²) in [6.45, 7) is 5.95. The number of hydrogen-bond donors (Lipinski definition) is 1. The fourth-order valence-electron chi connectivity index (χ4n) is 3.27. The van der Waals surface area contributed by atoms with Crippen LogP contribution in [0.5, 0.6) is 0 Å². The standard InChI is InChI=1S/C23H34O4/c1-5-6-7-8-9-10-11-19-12-13-21(24)20(19)15-17(2)14-18(3)16-22(25)23(26)27-4/h10-11,22,25H,5-9,12-13,15-16H2,1-4H3/b11-10+. The van der Waals surface area contributed by atoms with E-state index in [0.717, 1.165) is 35.1 Å². The van der Waals surface area contributed by atoms with Crippen LogP contribution in [-0.2, 0) is 14.3 Å².